The Kier molecular flexibility index (Phi) is 3.44. The number of halogens is 1. The number of oxazole rings is 1. The fraction of sp³-hybridized carbons (Fsp3) is 0.167. The first-order chi connectivity index (χ1) is 8.16. The summed E-state index contributed by atoms with van der Waals surface area (Å²) in [6, 6.07) is 7.27. The van der Waals surface area contributed by atoms with Crippen LogP contribution in [0.5, 0.6) is 0 Å². The first-order valence-electron chi connectivity index (χ1n) is 5.09. The number of hydrogen-bond donors (Lipinski definition) is 1. The van der Waals surface area contributed by atoms with Gasteiger partial charge in [0, 0.05) is 11.6 Å². The van der Waals surface area contributed by atoms with Crippen molar-refractivity contribution in [1.29, 1.82) is 0 Å². The predicted octanol–water partition coefficient (Wildman–Crippen LogP) is 2.57. The van der Waals surface area contributed by atoms with Gasteiger partial charge in [-0.1, -0.05) is 23.7 Å². The number of nitrogens with zero attached hydrogens (tertiary/aromatic N) is 1. The third kappa shape index (κ3) is 2.85. The summed E-state index contributed by atoms with van der Waals surface area (Å²) >= 11 is 5.77. The minimum Gasteiger partial charge on any atom is -0.438 e. The summed E-state index contributed by atoms with van der Waals surface area (Å²) in [6.45, 7) is 2.15. The van der Waals surface area contributed by atoms with Crippen LogP contribution in [0.1, 0.15) is 21.8 Å². The molecule has 0 saturated carbocycles. The van der Waals surface area contributed by atoms with Crippen LogP contribution in [0.2, 0.25) is 5.02 Å². The fourth-order valence-electron chi connectivity index (χ4n) is 1.38. The second-order valence-corrected chi connectivity index (χ2v) is 4.01. The van der Waals surface area contributed by atoms with Gasteiger partial charge in [-0.25, -0.2) is 4.98 Å². The molecule has 0 saturated heterocycles. The van der Waals surface area contributed by atoms with Crippen molar-refractivity contribution in [3.05, 3.63) is 52.7 Å². The molecule has 88 valence electrons. The molecule has 0 radical (unpaired) electrons. The van der Waals surface area contributed by atoms with Crippen LogP contribution in [0.3, 0.4) is 0 Å². The number of carbonyl (C=O) groups excluding carboxylic acids is 1. The highest BCUT2D eigenvalue weighted by molar-refractivity contribution is 6.30. The summed E-state index contributed by atoms with van der Waals surface area (Å²) in [4.78, 5) is 15.6. The lowest BCUT2D eigenvalue weighted by Crippen LogP contribution is -2.22. The molecule has 0 unspecified atom stereocenters. The molecule has 1 aromatic heterocycles. The first-order valence-corrected chi connectivity index (χ1v) is 5.47. The lowest BCUT2D eigenvalue weighted by atomic mass is 10.2. The van der Waals surface area contributed by atoms with E-state index in [0.29, 0.717) is 17.3 Å². The Labute approximate surface area is 104 Å². The van der Waals surface area contributed by atoms with Gasteiger partial charge >= 0.3 is 0 Å². The van der Waals surface area contributed by atoms with Crippen molar-refractivity contribution in [2.24, 2.45) is 0 Å². The van der Waals surface area contributed by atoms with Crippen LogP contribution in [0, 0.1) is 6.92 Å². The molecule has 4 nitrogen and oxygen atoms in total. The number of nitrogens with one attached hydrogen (secondary N) is 1. The Morgan fingerprint density at radius 2 is 2.12 bits per heavy atom. The topological polar surface area (TPSA) is 55.1 Å². The molecule has 0 atom stereocenters. The molecule has 0 fully saturated rings. The third-order valence-corrected chi connectivity index (χ3v) is 2.57. The van der Waals surface area contributed by atoms with Gasteiger partial charge in [0.05, 0.1) is 5.69 Å². The van der Waals surface area contributed by atoms with Gasteiger partial charge in [-0.05, 0) is 24.6 Å². The lowest BCUT2D eigenvalue weighted by molar-refractivity contribution is 0.0922. The summed E-state index contributed by atoms with van der Waals surface area (Å²) in [5, 5.41) is 3.42. The molecule has 0 aliphatic heterocycles. The molecule has 5 heteroatoms. The van der Waals surface area contributed by atoms with Gasteiger partial charge in [0.2, 0.25) is 5.76 Å². The van der Waals surface area contributed by atoms with Gasteiger partial charge in [0.15, 0.2) is 6.39 Å². The zero-order chi connectivity index (χ0) is 12.3. The van der Waals surface area contributed by atoms with Crippen LogP contribution in [-0.4, -0.2) is 10.9 Å². The second-order valence-electron chi connectivity index (χ2n) is 3.58. The summed E-state index contributed by atoms with van der Waals surface area (Å²) < 4.78 is 4.99. The number of benzene rings is 1. The summed E-state index contributed by atoms with van der Waals surface area (Å²) in [5.41, 5.74) is 1.55. The molecular formula is C12H11ClN2O2. The van der Waals surface area contributed by atoms with E-state index >= 15 is 0 Å². The number of hydrogen-bond acceptors (Lipinski definition) is 3. The van der Waals surface area contributed by atoms with Gasteiger partial charge in [0.25, 0.3) is 5.91 Å². The second kappa shape index (κ2) is 5.01. The van der Waals surface area contributed by atoms with Crippen molar-refractivity contribution in [3.63, 3.8) is 0 Å². The largest absolute Gasteiger partial charge is 0.438 e. The molecular weight excluding hydrogens is 240 g/mol. The predicted molar refractivity (Wildman–Crippen MR) is 63.9 cm³/mol. The van der Waals surface area contributed by atoms with Gasteiger partial charge in [0.1, 0.15) is 0 Å². The monoisotopic (exact) mass is 250 g/mol. The van der Waals surface area contributed by atoms with Crippen LogP contribution < -0.4 is 5.32 Å². The smallest absolute Gasteiger partial charge is 0.289 e. The highest BCUT2D eigenvalue weighted by atomic mass is 35.5. The van der Waals surface area contributed by atoms with E-state index < -0.39 is 0 Å². The zero-order valence-electron chi connectivity index (χ0n) is 9.24. The van der Waals surface area contributed by atoms with E-state index in [1.54, 1.807) is 19.1 Å². The zero-order valence-corrected chi connectivity index (χ0v) is 9.99. The lowest BCUT2D eigenvalue weighted by Gasteiger charge is -2.03. The molecule has 0 aliphatic carbocycles. The van der Waals surface area contributed by atoms with Gasteiger partial charge in [-0.3, -0.25) is 4.79 Å². The van der Waals surface area contributed by atoms with E-state index in [9.17, 15) is 4.79 Å². The Balaban J connectivity index is 1.97. The number of aromatic nitrogens is 1. The van der Waals surface area contributed by atoms with Gasteiger partial charge < -0.3 is 9.73 Å². The normalized spacial score (nSPS) is 10.2. The maximum atomic E-state index is 11.7. The van der Waals surface area contributed by atoms with E-state index in [1.807, 2.05) is 12.1 Å². The summed E-state index contributed by atoms with van der Waals surface area (Å²) in [6.07, 6.45) is 1.26. The van der Waals surface area contributed by atoms with Crippen molar-refractivity contribution in [3.8, 4) is 0 Å². The van der Waals surface area contributed by atoms with E-state index in [4.69, 9.17) is 16.0 Å². The molecule has 1 heterocycles. The average molecular weight is 251 g/mol. The van der Waals surface area contributed by atoms with Crippen LogP contribution in [-0.2, 0) is 6.54 Å². The molecule has 2 rings (SSSR count). The Morgan fingerprint density at radius 1 is 1.41 bits per heavy atom. The van der Waals surface area contributed by atoms with Crippen LogP contribution in [0.4, 0.5) is 0 Å². The van der Waals surface area contributed by atoms with E-state index in [2.05, 4.69) is 10.3 Å². The fourth-order valence-corrected chi connectivity index (χ4v) is 1.51. The number of carbonyl (C=O) groups is 1. The molecule has 2 aromatic rings. The SMILES string of the molecule is Cc1ncoc1C(=O)NCc1ccc(Cl)cc1. The van der Waals surface area contributed by atoms with Crippen molar-refractivity contribution in [1.82, 2.24) is 10.3 Å². The van der Waals surface area contributed by atoms with Gasteiger partial charge in [-0.2, -0.15) is 0 Å². The molecule has 1 amide bonds. The highest BCUT2D eigenvalue weighted by Crippen LogP contribution is 2.10. The molecule has 0 bridgehead atoms. The van der Waals surface area contributed by atoms with E-state index in [0.717, 1.165) is 5.56 Å². The maximum Gasteiger partial charge on any atom is 0.289 e. The molecule has 1 aromatic carbocycles. The average Bonchev–Trinajstić information content (AvgIpc) is 2.74. The first kappa shape index (κ1) is 11.7. The van der Waals surface area contributed by atoms with Crippen LogP contribution >= 0.6 is 11.6 Å². The number of rotatable bonds is 3. The molecule has 1 N–H and O–H groups in total. The number of amides is 1. The highest BCUT2D eigenvalue weighted by Gasteiger charge is 2.12. The van der Waals surface area contributed by atoms with E-state index in [1.165, 1.54) is 6.39 Å². The molecule has 17 heavy (non-hydrogen) atoms. The van der Waals surface area contributed by atoms with Crippen LogP contribution in [0.25, 0.3) is 0 Å². The Morgan fingerprint density at radius 3 is 2.71 bits per heavy atom. The maximum absolute atomic E-state index is 11.7. The minimum absolute atomic E-state index is 0.249. The van der Waals surface area contributed by atoms with Crippen molar-refractivity contribution in [2.45, 2.75) is 13.5 Å². The van der Waals surface area contributed by atoms with Gasteiger partial charge in [-0.15, -0.1) is 0 Å². The summed E-state index contributed by atoms with van der Waals surface area (Å²) in [5.74, 6) is -0.0195. The van der Waals surface area contributed by atoms with E-state index in [-0.39, 0.29) is 11.7 Å². The van der Waals surface area contributed by atoms with Crippen molar-refractivity contribution in [2.75, 3.05) is 0 Å². The number of aryl methyl sites for hydroxylation is 1. The molecule has 0 aliphatic rings. The minimum atomic E-state index is -0.269. The summed E-state index contributed by atoms with van der Waals surface area (Å²) in [7, 11) is 0. The molecule has 0 spiro atoms. The Bertz CT molecular complexity index is 520. The standard InChI is InChI=1S/C12H11ClN2O2/c1-8-11(17-7-15-8)12(16)14-6-9-2-4-10(13)5-3-9/h2-5,7H,6H2,1H3,(H,14,16). The quantitative estimate of drug-likeness (QED) is 0.911. The van der Waals surface area contributed by atoms with Crippen molar-refractivity contribution >= 4 is 17.5 Å². The van der Waals surface area contributed by atoms with Crippen LogP contribution in [0.15, 0.2) is 35.1 Å². The van der Waals surface area contributed by atoms with Crippen molar-refractivity contribution < 1.29 is 9.21 Å². The Hall–Kier alpha value is -1.81. The third-order valence-electron chi connectivity index (χ3n) is 2.32.